The lowest BCUT2D eigenvalue weighted by Crippen LogP contribution is -2.42. The molecule has 5 heteroatoms. The summed E-state index contributed by atoms with van der Waals surface area (Å²) in [6, 6.07) is 3.85. The van der Waals surface area contributed by atoms with Crippen molar-refractivity contribution in [3.63, 3.8) is 0 Å². The van der Waals surface area contributed by atoms with E-state index in [2.05, 4.69) is 26.1 Å². The summed E-state index contributed by atoms with van der Waals surface area (Å²) in [6.45, 7) is 4.90. The van der Waals surface area contributed by atoms with E-state index in [0.29, 0.717) is 10.2 Å². The van der Waals surface area contributed by atoms with Crippen molar-refractivity contribution >= 4 is 15.9 Å². The highest BCUT2D eigenvalue weighted by Crippen LogP contribution is 2.37. The molecule has 0 atom stereocenters. The van der Waals surface area contributed by atoms with E-state index >= 15 is 0 Å². The quantitative estimate of drug-likeness (QED) is 0.889. The number of rotatable bonds is 3. The molecule has 0 spiro atoms. The monoisotopic (exact) mass is 300 g/mol. The second-order valence-electron chi connectivity index (χ2n) is 4.11. The lowest BCUT2D eigenvalue weighted by molar-refractivity contribution is 0.229. The summed E-state index contributed by atoms with van der Waals surface area (Å²) in [6.07, 6.45) is 0. The van der Waals surface area contributed by atoms with E-state index in [-0.39, 0.29) is 5.75 Å². The van der Waals surface area contributed by atoms with Crippen LogP contribution in [0.25, 0.3) is 0 Å². The van der Waals surface area contributed by atoms with Crippen molar-refractivity contribution in [2.24, 2.45) is 0 Å². The maximum absolute atomic E-state index is 9.91. The average molecular weight is 301 g/mol. The number of nitrogens with zero attached hydrogens (tertiary/aromatic N) is 1. The Hall–Kier alpha value is -0.780. The van der Waals surface area contributed by atoms with Crippen LogP contribution in [-0.4, -0.2) is 43.3 Å². The fourth-order valence-electron chi connectivity index (χ4n) is 2.05. The van der Waals surface area contributed by atoms with Crippen molar-refractivity contribution < 1.29 is 9.84 Å². The van der Waals surface area contributed by atoms with Gasteiger partial charge in [-0.1, -0.05) is 6.07 Å². The minimum atomic E-state index is 0.181. The van der Waals surface area contributed by atoms with Crippen molar-refractivity contribution in [3.8, 4) is 11.5 Å². The maximum Gasteiger partial charge on any atom is 0.172 e. The molecule has 1 saturated heterocycles. The number of aromatic hydroxyl groups is 1. The van der Waals surface area contributed by atoms with Gasteiger partial charge in [-0.25, -0.2) is 0 Å². The van der Waals surface area contributed by atoms with Gasteiger partial charge < -0.3 is 15.2 Å². The van der Waals surface area contributed by atoms with Crippen molar-refractivity contribution in [1.82, 2.24) is 10.2 Å². The third-order valence-electron chi connectivity index (χ3n) is 2.97. The third-order valence-corrected chi connectivity index (χ3v) is 3.61. The Labute approximate surface area is 110 Å². The predicted molar refractivity (Wildman–Crippen MR) is 70.5 cm³/mol. The normalized spacial score (nSPS) is 17.1. The zero-order valence-corrected chi connectivity index (χ0v) is 11.5. The first kappa shape index (κ1) is 12.7. The average Bonchev–Trinajstić information content (AvgIpc) is 2.36. The van der Waals surface area contributed by atoms with Crippen LogP contribution in [0.2, 0.25) is 0 Å². The minimum Gasteiger partial charge on any atom is -0.503 e. The van der Waals surface area contributed by atoms with Crippen LogP contribution in [0.4, 0.5) is 0 Å². The van der Waals surface area contributed by atoms with Crippen LogP contribution in [-0.2, 0) is 6.54 Å². The molecule has 2 N–H and O–H groups in total. The molecule has 0 aromatic heterocycles. The van der Waals surface area contributed by atoms with Crippen molar-refractivity contribution in [2.45, 2.75) is 6.54 Å². The summed E-state index contributed by atoms with van der Waals surface area (Å²) < 4.78 is 5.94. The van der Waals surface area contributed by atoms with E-state index in [4.69, 9.17) is 4.74 Å². The number of nitrogens with one attached hydrogen (secondary N) is 1. The first-order valence-electron chi connectivity index (χ1n) is 5.69. The Balaban J connectivity index is 2.17. The molecule has 0 bridgehead atoms. The molecule has 0 amide bonds. The zero-order chi connectivity index (χ0) is 12.3. The van der Waals surface area contributed by atoms with Gasteiger partial charge >= 0.3 is 0 Å². The van der Waals surface area contributed by atoms with Gasteiger partial charge in [0.1, 0.15) is 0 Å². The number of phenolic OH excluding ortho intramolecular Hbond substituents is 1. The first-order valence-corrected chi connectivity index (χ1v) is 6.49. The highest BCUT2D eigenvalue weighted by Gasteiger charge is 2.16. The first-order chi connectivity index (χ1) is 8.22. The maximum atomic E-state index is 9.91. The predicted octanol–water partition coefficient (Wildman–Crippen LogP) is 1.57. The lowest BCUT2D eigenvalue weighted by atomic mass is 10.1. The Morgan fingerprint density at radius 1 is 1.41 bits per heavy atom. The molecule has 1 aliphatic heterocycles. The van der Waals surface area contributed by atoms with E-state index in [1.54, 1.807) is 7.11 Å². The van der Waals surface area contributed by atoms with E-state index in [9.17, 15) is 5.11 Å². The molecule has 1 aliphatic rings. The van der Waals surface area contributed by atoms with E-state index in [1.165, 1.54) is 0 Å². The number of piperazine rings is 1. The molecule has 0 radical (unpaired) electrons. The number of hydrogen-bond donors (Lipinski definition) is 2. The lowest BCUT2D eigenvalue weighted by Gasteiger charge is -2.27. The van der Waals surface area contributed by atoms with Crippen molar-refractivity contribution in [3.05, 3.63) is 22.2 Å². The number of ether oxygens (including phenoxy) is 1. The van der Waals surface area contributed by atoms with Crippen LogP contribution in [0.3, 0.4) is 0 Å². The molecule has 0 unspecified atom stereocenters. The van der Waals surface area contributed by atoms with Gasteiger partial charge in [-0.3, -0.25) is 4.90 Å². The second-order valence-corrected chi connectivity index (χ2v) is 4.97. The number of halogens is 1. The van der Waals surface area contributed by atoms with Gasteiger partial charge in [-0.05, 0) is 22.0 Å². The summed E-state index contributed by atoms with van der Waals surface area (Å²) in [5, 5.41) is 13.2. The van der Waals surface area contributed by atoms with Gasteiger partial charge in [0.25, 0.3) is 0 Å². The molecule has 1 heterocycles. The fourth-order valence-corrected chi connectivity index (χ4v) is 2.36. The summed E-state index contributed by atoms with van der Waals surface area (Å²) in [7, 11) is 1.59. The van der Waals surface area contributed by atoms with Crippen molar-refractivity contribution in [1.29, 1.82) is 0 Å². The van der Waals surface area contributed by atoms with Crippen LogP contribution in [0.5, 0.6) is 11.5 Å². The molecule has 0 aliphatic carbocycles. The molecule has 94 valence electrons. The smallest absolute Gasteiger partial charge is 0.172 e. The Morgan fingerprint density at radius 3 is 2.76 bits per heavy atom. The van der Waals surface area contributed by atoms with E-state index < -0.39 is 0 Å². The molecule has 1 fully saturated rings. The molecule has 1 aromatic carbocycles. The minimum absolute atomic E-state index is 0.181. The molecule has 0 saturated carbocycles. The van der Waals surface area contributed by atoms with Gasteiger partial charge in [-0.2, -0.15) is 0 Å². The van der Waals surface area contributed by atoms with Crippen LogP contribution in [0.15, 0.2) is 16.6 Å². The van der Waals surface area contributed by atoms with Gasteiger partial charge in [-0.15, -0.1) is 0 Å². The highest BCUT2D eigenvalue weighted by molar-refractivity contribution is 9.10. The second kappa shape index (κ2) is 5.71. The van der Waals surface area contributed by atoms with Gasteiger partial charge in [0, 0.05) is 38.3 Å². The number of hydrogen-bond acceptors (Lipinski definition) is 4. The largest absolute Gasteiger partial charge is 0.503 e. The summed E-state index contributed by atoms with van der Waals surface area (Å²) in [5.74, 6) is 0.748. The Morgan fingerprint density at radius 2 is 2.12 bits per heavy atom. The van der Waals surface area contributed by atoms with E-state index in [0.717, 1.165) is 38.3 Å². The number of benzene rings is 1. The van der Waals surface area contributed by atoms with Crippen LogP contribution in [0, 0.1) is 0 Å². The van der Waals surface area contributed by atoms with Gasteiger partial charge in [0.15, 0.2) is 11.5 Å². The van der Waals surface area contributed by atoms with Crippen molar-refractivity contribution in [2.75, 3.05) is 33.3 Å². The Kier molecular flexibility index (Phi) is 4.25. The molecule has 1 aromatic rings. The zero-order valence-electron chi connectivity index (χ0n) is 9.87. The standard InChI is InChI=1S/C12H17BrN2O2/c1-17-12-9(2-3-10(13)11(12)16)8-15-6-4-14-5-7-15/h2-3,14,16H,4-8H2,1H3. The Bertz CT molecular complexity index is 392. The fraction of sp³-hybridized carbons (Fsp3) is 0.500. The van der Waals surface area contributed by atoms with Gasteiger partial charge in [0.2, 0.25) is 0 Å². The van der Waals surface area contributed by atoms with Gasteiger partial charge in [0.05, 0.1) is 11.6 Å². The molecular formula is C12H17BrN2O2. The summed E-state index contributed by atoms with van der Waals surface area (Å²) in [5.41, 5.74) is 1.02. The van der Waals surface area contributed by atoms with Crippen LogP contribution < -0.4 is 10.1 Å². The van der Waals surface area contributed by atoms with Crippen LogP contribution >= 0.6 is 15.9 Å². The number of phenols is 1. The number of methoxy groups -OCH3 is 1. The molecular weight excluding hydrogens is 284 g/mol. The van der Waals surface area contributed by atoms with E-state index in [1.807, 2.05) is 12.1 Å². The molecule has 17 heavy (non-hydrogen) atoms. The van der Waals surface area contributed by atoms with Crippen LogP contribution in [0.1, 0.15) is 5.56 Å². The third kappa shape index (κ3) is 2.91. The highest BCUT2D eigenvalue weighted by atomic mass is 79.9. The topological polar surface area (TPSA) is 44.7 Å². The summed E-state index contributed by atoms with van der Waals surface area (Å²) in [4.78, 5) is 2.35. The molecule has 2 rings (SSSR count). The summed E-state index contributed by atoms with van der Waals surface area (Å²) >= 11 is 3.29. The SMILES string of the molecule is COc1c(CN2CCNCC2)ccc(Br)c1O. The molecule has 4 nitrogen and oxygen atoms in total.